The standard InChI is InChI=1S/C13H21N3/c1-10-5-4-8-16(9-10)12-7-3-6-11(14)13(12)15-2/h3,6-7,10,15H,4-5,8-9,14H2,1-2H3/t10-/m1/s1. The summed E-state index contributed by atoms with van der Waals surface area (Å²) < 4.78 is 0. The van der Waals surface area contributed by atoms with Gasteiger partial charge in [0, 0.05) is 20.1 Å². The van der Waals surface area contributed by atoms with Crippen LogP contribution in [-0.2, 0) is 0 Å². The second-order valence-corrected chi connectivity index (χ2v) is 4.68. The normalized spacial score (nSPS) is 20.9. The molecule has 1 heterocycles. The van der Waals surface area contributed by atoms with E-state index in [0.29, 0.717) is 0 Å². The average molecular weight is 219 g/mol. The number of hydrogen-bond donors (Lipinski definition) is 2. The van der Waals surface area contributed by atoms with Gasteiger partial charge in [0.15, 0.2) is 0 Å². The Balaban J connectivity index is 2.28. The van der Waals surface area contributed by atoms with Crippen molar-refractivity contribution in [2.75, 3.05) is 36.1 Å². The van der Waals surface area contributed by atoms with E-state index < -0.39 is 0 Å². The van der Waals surface area contributed by atoms with Crippen LogP contribution in [0.2, 0.25) is 0 Å². The first-order valence-corrected chi connectivity index (χ1v) is 6.03. The lowest BCUT2D eigenvalue weighted by atomic mass is 9.99. The lowest BCUT2D eigenvalue weighted by Crippen LogP contribution is -2.34. The smallest absolute Gasteiger partial charge is 0.0808 e. The molecule has 1 aromatic rings. The minimum Gasteiger partial charge on any atom is -0.397 e. The summed E-state index contributed by atoms with van der Waals surface area (Å²) in [5.74, 6) is 0.778. The van der Waals surface area contributed by atoms with Crippen LogP contribution >= 0.6 is 0 Å². The van der Waals surface area contributed by atoms with Crippen LogP contribution in [0.1, 0.15) is 19.8 Å². The monoisotopic (exact) mass is 219 g/mol. The van der Waals surface area contributed by atoms with Gasteiger partial charge in [-0.3, -0.25) is 0 Å². The number of nitrogens with zero attached hydrogens (tertiary/aromatic N) is 1. The molecule has 0 aliphatic carbocycles. The average Bonchev–Trinajstić information content (AvgIpc) is 2.28. The van der Waals surface area contributed by atoms with Crippen molar-refractivity contribution in [3.8, 4) is 0 Å². The minimum atomic E-state index is 0.778. The molecule has 2 rings (SSSR count). The topological polar surface area (TPSA) is 41.3 Å². The number of nitrogen functional groups attached to an aromatic ring is 1. The number of nitrogens with one attached hydrogen (secondary N) is 1. The molecule has 0 unspecified atom stereocenters. The van der Waals surface area contributed by atoms with Gasteiger partial charge in [-0.1, -0.05) is 13.0 Å². The zero-order valence-corrected chi connectivity index (χ0v) is 10.2. The molecule has 1 atom stereocenters. The first-order chi connectivity index (χ1) is 7.72. The quantitative estimate of drug-likeness (QED) is 0.751. The Morgan fingerprint density at radius 3 is 2.94 bits per heavy atom. The van der Waals surface area contributed by atoms with E-state index in [0.717, 1.165) is 30.4 Å². The Morgan fingerprint density at radius 2 is 2.25 bits per heavy atom. The van der Waals surface area contributed by atoms with Crippen LogP contribution in [0.15, 0.2) is 18.2 Å². The van der Waals surface area contributed by atoms with Crippen molar-refractivity contribution in [1.29, 1.82) is 0 Å². The summed E-state index contributed by atoms with van der Waals surface area (Å²) in [6, 6.07) is 6.13. The highest BCUT2D eigenvalue weighted by Gasteiger charge is 2.19. The highest BCUT2D eigenvalue weighted by molar-refractivity contribution is 5.81. The Morgan fingerprint density at radius 1 is 1.44 bits per heavy atom. The molecule has 88 valence electrons. The summed E-state index contributed by atoms with van der Waals surface area (Å²) in [6.45, 7) is 4.60. The van der Waals surface area contributed by atoms with Crippen molar-refractivity contribution in [1.82, 2.24) is 0 Å². The largest absolute Gasteiger partial charge is 0.397 e. The highest BCUT2D eigenvalue weighted by atomic mass is 15.2. The predicted molar refractivity (Wildman–Crippen MR) is 71.0 cm³/mol. The predicted octanol–water partition coefficient (Wildman–Crippen LogP) is 2.55. The van der Waals surface area contributed by atoms with Crippen LogP contribution in [0.5, 0.6) is 0 Å². The fraction of sp³-hybridized carbons (Fsp3) is 0.538. The van der Waals surface area contributed by atoms with Gasteiger partial charge in [-0.2, -0.15) is 0 Å². The maximum absolute atomic E-state index is 5.98. The third-order valence-corrected chi connectivity index (χ3v) is 3.32. The molecule has 1 saturated heterocycles. The molecule has 0 bridgehead atoms. The lowest BCUT2D eigenvalue weighted by Gasteiger charge is -2.34. The fourth-order valence-electron chi connectivity index (χ4n) is 2.50. The second kappa shape index (κ2) is 4.64. The highest BCUT2D eigenvalue weighted by Crippen LogP contribution is 2.33. The SMILES string of the molecule is CNc1c(N)cccc1N1CCC[C@@H](C)C1. The molecule has 0 saturated carbocycles. The molecule has 3 nitrogen and oxygen atoms in total. The summed E-state index contributed by atoms with van der Waals surface area (Å²) >= 11 is 0. The van der Waals surface area contributed by atoms with Crippen LogP contribution in [-0.4, -0.2) is 20.1 Å². The Hall–Kier alpha value is -1.38. The van der Waals surface area contributed by atoms with E-state index in [4.69, 9.17) is 5.73 Å². The van der Waals surface area contributed by atoms with Gasteiger partial charge in [-0.05, 0) is 30.9 Å². The molecule has 0 radical (unpaired) electrons. The van der Waals surface area contributed by atoms with Gasteiger partial charge < -0.3 is 16.0 Å². The number of hydrogen-bond acceptors (Lipinski definition) is 3. The molecule has 0 amide bonds. The van der Waals surface area contributed by atoms with Crippen LogP contribution in [0.4, 0.5) is 17.1 Å². The van der Waals surface area contributed by atoms with Gasteiger partial charge in [0.2, 0.25) is 0 Å². The van der Waals surface area contributed by atoms with E-state index in [-0.39, 0.29) is 0 Å². The van der Waals surface area contributed by atoms with Gasteiger partial charge in [-0.25, -0.2) is 0 Å². The Kier molecular flexibility index (Phi) is 3.22. The van der Waals surface area contributed by atoms with Crippen molar-refractivity contribution in [3.63, 3.8) is 0 Å². The molecule has 1 aliphatic heterocycles. The van der Waals surface area contributed by atoms with Crippen molar-refractivity contribution < 1.29 is 0 Å². The maximum Gasteiger partial charge on any atom is 0.0808 e. The molecule has 0 aromatic heterocycles. The van der Waals surface area contributed by atoms with Gasteiger partial charge >= 0.3 is 0 Å². The summed E-state index contributed by atoms with van der Waals surface area (Å²) in [5, 5.41) is 3.21. The summed E-state index contributed by atoms with van der Waals surface area (Å²) in [6.07, 6.45) is 2.62. The van der Waals surface area contributed by atoms with E-state index in [1.165, 1.54) is 18.5 Å². The van der Waals surface area contributed by atoms with E-state index in [1.54, 1.807) is 0 Å². The van der Waals surface area contributed by atoms with Gasteiger partial charge in [-0.15, -0.1) is 0 Å². The lowest BCUT2D eigenvalue weighted by molar-refractivity contribution is 0.447. The summed E-state index contributed by atoms with van der Waals surface area (Å²) in [4.78, 5) is 2.44. The summed E-state index contributed by atoms with van der Waals surface area (Å²) in [5.41, 5.74) is 9.13. The van der Waals surface area contributed by atoms with Crippen LogP contribution in [0, 0.1) is 5.92 Å². The third-order valence-electron chi connectivity index (χ3n) is 3.32. The molecule has 3 N–H and O–H groups in total. The zero-order chi connectivity index (χ0) is 11.5. The van der Waals surface area contributed by atoms with Gasteiger partial charge in [0.05, 0.1) is 17.1 Å². The first-order valence-electron chi connectivity index (χ1n) is 6.03. The Bertz CT molecular complexity index is 362. The number of anilines is 3. The van der Waals surface area contributed by atoms with Crippen molar-refractivity contribution in [2.45, 2.75) is 19.8 Å². The van der Waals surface area contributed by atoms with E-state index in [9.17, 15) is 0 Å². The van der Waals surface area contributed by atoms with Crippen LogP contribution < -0.4 is 16.0 Å². The Labute approximate surface area is 97.6 Å². The minimum absolute atomic E-state index is 0.778. The molecular formula is C13H21N3. The van der Waals surface area contributed by atoms with Crippen LogP contribution in [0.3, 0.4) is 0 Å². The third kappa shape index (κ3) is 2.08. The van der Waals surface area contributed by atoms with E-state index in [2.05, 4.69) is 23.2 Å². The number of rotatable bonds is 2. The number of benzene rings is 1. The van der Waals surface area contributed by atoms with Crippen LogP contribution in [0.25, 0.3) is 0 Å². The van der Waals surface area contributed by atoms with E-state index in [1.807, 2.05) is 19.2 Å². The van der Waals surface area contributed by atoms with Gasteiger partial charge in [0.1, 0.15) is 0 Å². The number of piperidine rings is 1. The zero-order valence-electron chi connectivity index (χ0n) is 10.2. The molecule has 3 heteroatoms. The maximum atomic E-state index is 5.98. The number of para-hydroxylation sites is 1. The molecule has 16 heavy (non-hydrogen) atoms. The molecule has 1 aromatic carbocycles. The molecule has 1 fully saturated rings. The molecular weight excluding hydrogens is 198 g/mol. The second-order valence-electron chi connectivity index (χ2n) is 4.68. The molecule has 0 spiro atoms. The molecule has 1 aliphatic rings. The first kappa shape index (κ1) is 11.1. The van der Waals surface area contributed by atoms with Crippen molar-refractivity contribution >= 4 is 17.1 Å². The fourth-order valence-corrected chi connectivity index (χ4v) is 2.50. The van der Waals surface area contributed by atoms with Gasteiger partial charge in [0.25, 0.3) is 0 Å². The summed E-state index contributed by atoms with van der Waals surface area (Å²) in [7, 11) is 1.93. The number of nitrogens with two attached hydrogens (primary N) is 1. The van der Waals surface area contributed by atoms with Crippen molar-refractivity contribution in [3.05, 3.63) is 18.2 Å². The van der Waals surface area contributed by atoms with Crippen molar-refractivity contribution in [2.24, 2.45) is 5.92 Å². The van der Waals surface area contributed by atoms with E-state index >= 15 is 0 Å².